The van der Waals surface area contributed by atoms with Gasteiger partial charge in [-0.1, -0.05) is 11.6 Å². The summed E-state index contributed by atoms with van der Waals surface area (Å²) in [4.78, 5) is 14.3. The van der Waals surface area contributed by atoms with Gasteiger partial charge in [0.25, 0.3) is 0 Å². The van der Waals surface area contributed by atoms with Crippen molar-refractivity contribution in [1.82, 2.24) is 0 Å². The molecule has 0 aliphatic heterocycles. The Bertz CT molecular complexity index is 475. The first kappa shape index (κ1) is 13.1. The van der Waals surface area contributed by atoms with Crippen molar-refractivity contribution in [3.05, 3.63) is 23.0 Å². The van der Waals surface area contributed by atoms with E-state index >= 15 is 0 Å². The highest BCUT2D eigenvalue weighted by atomic mass is 35.5. The number of hydrogen-bond acceptors (Lipinski definition) is 4. The van der Waals surface area contributed by atoms with Crippen molar-refractivity contribution in [1.29, 1.82) is 0 Å². The van der Waals surface area contributed by atoms with Gasteiger partial charge < -0.3 is 5.11 Å². The Kier molecular flexibility index (Phi) is 4.89. The zero-order valence-corrected chi connectivity index (χ0v) is 10.1. The van der Waals surface area contributed by atoms with Crippen LogP contribution in [0, 0.1) is 5.82 Å². The molecule has 0 heterocycles. The van der Waals surface area contributed by atoms with Crippen LogP contribution >= 0.6 is 35.6 Å². The molecule has 3 nitrogen and oxygen atoms in total. The summed E-state index contributed by atoms with van der Waals surface area (Å²) in [6, 6.07) is 2.40. The predicted molar refractivity (Wildman–Crippen MR) is 64.5 cm³/mol. The molecule has 0 spiro atoms. The molecule has 1 aromatic carbocycles. The van der Waals surface area contributed by atoms with Crippen LogP contribution in [0.2, 0.25) is 5.02 Å². The zero-order valence-electron chi connectivity index (χ0n) is 7.74. The number of aliphatic imine (C=N–C) groups is 1. The number of benzene rings is 1. The Morgan fingerprint density at radius 2 is 2.38 bits per heavy atom. The highest BCUT2D eigenvalue weighted by Gasteiger charge is 2.09. The van der Waals surface area contributed by atoms with Gasteiger partial charge >= 0.3 is 5.97 Å². The third-order valence-corrected chi connectivity index (χ3v) is 3.07. The summed E-state index contributed by atoms with van der Waals surface area (Å²) >= 11 is 11.1. The van der Waals surface area contributed by atoms with Crippen LogP contribution in [0.25, 0.3) is 0 Å². The molecule has 0 bridgehead atoms. The van der Waals surface area contributed by atoms with Crippen LogP contribution < -0.4 is 0 Å². The molecule has 7 heteroatoms. The van der Waals surface area contributed by atoms with E-state index < -0.39 is 11.8 Å². The second-order valence-electron chi connectivity index (χ2n) is 2.62. The van der Waals surface area contributed by atoms with Crippen molar-refractivity contribution in [2.75, 3.05) is 5.75 Å². The number of isothiocyanates is 1. The second kappa shape index (κ2) is 5.96. The van der Waals surface area contributed by atoms with Gasteiger partial charge in [0.2, 0.25) is 0 Å². The molecule has 1 aromatic rings. The summed E-state index contributed by atoms with van der Waals surface area (Å²) in [5.41, 5.74) is -0.00714. The van der Waals surface area contributed by atoms with E-state index in [1.54, 1.807) is 0 Å². The van der Waals surface area contributed by atoms with E-state index in [4.69, 9.17) is 16.7 Å². The Balaban J connectivity index is 3.04. The van der Waals surface area contributed by atoms with Crippen molar-refractivity contribution in [2.45, 2.75) is 4.90 Å². The molecular formula is C9H5ClFNO2S2. The Morgan fingerprint density at radius 3 is 2.94 bits per heavy atom. The molecule has 0 saturated heterocycles. The summed E-state index contributed by atoms with van der Waals surface area (Å²) < 4.78 is 13.2. The van der Waals surface area contributed by atoms with Crippen LogP contribution in [-0.2, 0) is 4.79 Å². The van der Waals surface area contributed by atoms with Crippen LogP contribution in [0.5, 0.6) is 0 Å². The number of carbonyl (C=O) groups is 1. The largest absolute Gasteiger partial charge is 0.481 e. The number of nitrogens with zero attached hydrogens (tertiary/aromatic N) is 1. The molecule has 0 fully saturated rings. The van der Waals surface area contributed by atoms with Gasteiger partial charge in [-0.15, -0.1) is 11.8 Å². The molecule has 1 N–H and O–H groups in total. The molecule has 0 amide bonds. The monoisotopic (exact) mass is 277 g/mol. The lowest BCUT2D eigenvalue weighted by Gasteiger charge is -2.03. The van der Waals surface area contributed by atoms with E-state index in [1.807, 2.05) is 5.16 Å². The lowest BCUT2D eigenvalue weighted by atomic mass is 10.3. The van der Waals surface area contributed by atoms with E-state index in [9.17, 15) is 9.18 Å². The van der Waals surface area contributed by atoms with Crippen LogP contribution in [0.1, 0.15) is 0 Å². The van der Waals surface area contributed by atoms with Crippen LogP contribution in [-0.4, -0.2) is 22.0 Å². The fourth-order valence-electron chi connectivity index (χ4n) is 0.903. The molecule has 0 saturated carbocycles. The third-order valence-electron chi connectivity index (χ3n) is 1.52. The quantitative estimate of drug-likeness (QED) is 0.521. The number of aliphatic carboxylic acids is 1. The van der Waals surface area contributed by atoms with Gasteiger partial charge in [0.15, 0.2) is 5.82 Å². The maximum atomic E-state index is 13.2. The minimum absolute atomic E-state index is 0.00714. The number of rotatable bonds is 4. The molecule has 0 atom stereocenters. The van der Waals surface area contributed by atoms with E-state index in [-0.39, 0.29) is 16.5 Å². The standard InChI is InChI=1S/C9H5ClFNO2S2/c10-5-1-6(11)7(12-4-15)2-8(5)16-3-9(13)14/h1-2H,3H2,(H,13,14). The molecule has 84 valence electrons. The van der Waals surface area contributed by atoms with Gasteiger partial charge in [-0.3, -0.25) is 4.79 Å². The molecule has 0 aliphatic carbocycles. The van der Waals surface area contributed by atoms with Gasteiger partial charge in [-0.2, -0.15) is 4.99 Å². The Hall–Kier alpha value is -0.940. The zero-order chi connectivity index (χ0) is 12.1. The first-order valence-electron chi connectivity index (χ1n) is 3.96. The summed E-state index contributed by atoms with van der Waals surface area (Å²) in [5.74, 6) is -1.76. The molecule has 16 heavy (non-hydrogen) atoms. The van der Waals surface area contributed by atoms with E-state index in [2.05, 4.69) is 17.2 Å². The first-order chi connectivity index (χ1) is 7.54. The SMILES string of the molecule is O=C(O)CSc1cc(N=C=S)c(F)cc1Cl. The summed E-state index contributed by atoms with van der Waals surface area (Å²) in [6.07, 6.45) is 0. The lowest BCUT2D eigenvalue weighted by molar-refractivity contribution is -0.133. The summed E-state index contributed by atoms with van der Waals surface area (Å²) in [5, 5.41) is 10.7. The number of hydrogen-bond donors (Lipinski definition) is 1. The normalized spacial score (nSPS) is 9.62. The van der Waals surface area contributed by atoms with Crippen LogP contribution in [0.3, 0.4) is 0 Å². The van der Waals surface area contributed by atoms with Crippen molar-refractivity contribution < 1.29 is 14.3 Å². The van der Waals surface area contributed by atoms with Gasteiger partial charge in [-0.05, 0) is 24.4 Å². The van der Waals surface area contributed by atoms with Crippen LogP contribution in [0.4, 0.5) is 10.1 Å². The molecule has 1 rings (SSSR count). The summed E-state index contributed by atoms with van der Waals surface area (Å²) in [6.45, 7) is 0. The maximum Gasteiger partial charge on any atom is 0.313 e. The van der Waals surface area contributed by atoms with Gasteiger partial charge in [-0.25, -0.2) is 4.39 Å². The lowest BCUT2D eigenvalue weighted by Crippen LogP contribution is -1.97. The molecule has 0 aliphatic rings. The van der Waals surface area contributed by atoms with Crippen molar-refractivity contribution in [3.63, 3.8) is 0 Å². The highest BCUT2D eigenvalue weighted by molar-refractivity contribution is 8.00. The van der Waals surface area contributed by atoms with E-state index in [0.717, 1.165) is 17.8 Å². The molecule has 0 aromatic heterocycles. The number of carboxylic acids is 1. The number of carboxylic acid groups (broad SMARTS) is 1. The Morgan fingerprint density at radius 1 is 1.69 bits per heavy atom. The average molecular weight is 278 g/mol. The highest BCUT2D eigenvalue weighted by Crippen LogP contribution is 2.32. The fraction of sp³-hybridized carbons (Fsp3) is 0.111. The average Bonchev–Trinajstić information content (AvgIpc) is 2.20. The third kappa shape index (κ3) is 3.57. The predicted octanol–water partition coefficient (Wildman–Crippen LogP) is 3.39. The second-order valence-corrected chi connectivity index (χ2v) is 4.23. The van der Waals surface area contributed by atoms with E-state index in [1.165, 1.54) is 6.07 Å². The number of halogens is 2. The maximum absolute atomic E-state index is 13.2. The topological polar surface area (TPSA) is 49.7 Å². The molecular weight excluding hydrogens is 273 g/mol. The van der Waals surface area contributed by atoms with Gasteiger partial charge in [0, 0.05) is 4.90 Å². The minimum atomic E-state index is -0.981. The minimum Gasteiger partial charge on any atom is -0.481 e. The van der Waals surface area contributed by atoms with Crippen LogP contribution in [0.15, 0.2) is 22.0 Å². The summed E-state index contributed by atoms with van der Waals surface area (Å²) in [7, 11) is 0. The number of thiocarbonyl (C=S) groups is 1. The first-order valence-corrected chi connectivity index (χ1v) is 5.73. The number of thioether (sulfide) groups is 1. The molecule has 0 unspecified atom stereocenters. The van der Waals surface area contributed by atoms with Crippen molar-refractivity contribution in [3.8, 4) is 0 Å². The smallest absolute Gasteiger partial charge is 0.313 e. The van der Waals surface area contributed by atoms with Gasteiger partial charge in [0.05, 0.1) is 15.9 Å². The fourth-order valence-corrected chi connectivity index (χ4v) is 1.99. The van der Waals surface area contributed by atoms with E-state index in [0.29, 0.717) is 4.90 Å². The Labute approximate surface area is 105 Å². The van der Waals surface area contributed by atoms with Gasteiger partial charge in [0.1, 0.15) is 5.69 Å². The van der Waals surface area contributed by atoms with Crippen molar-refractivity contribution in [2.24, 2.45) is 4.99 Å². The van der Waals surface area contributed by atoms with Crippen molar-refractivity contribution >= 4 is 52.4 Å². The molecule has 0 radical (unpaired) electrons.